The van der Waals surface area contributed by atoms with E-state index in [1.807, 2.05) is 7.05 Å². The van der Waals surface area contributed by atoms with Gasteiger partial charge in [-0.1, -0.05) is 11.6 Å². The molecule has 0 saturated carbocycles. The molecule has 1 aliphatic heterocycles. The first-order valence-electron chi connectivity index (χ1n) is 10.6. The molecule has 34 heavy (non-hydrogen) atoms. The van der Waals surface area contributed by atoms with Crippen molar-refractivity contribution >= 4 is 52.4 Å². The molecule has 0 fully saturated rings. The molecule has 0 saturated heterocycles. The monoisotopic (exact) mass is 507 g/mol. The van der Waals surface area contributed by atoms with Gasteiger partial charge < -0.3 is 26.2 Å². The maximum Gasteiger partial charge on any atom is 0.314 e. The first-order valence-corrected chi connectivity index (χ1v) is 11.8. The van der Waals surface area contributed by atoms with Gasteiger partial charge in [0.2, 0.25) is 5.91 Å². The highest BCUT2D eigenvalue weighted by molar-refractivity contribution is 7.13. The fraction of sp³-hybridized carbons (Fsp3) is 0.429. The van der Waals surface area contributed by atoms with Crippen LogP contribution in [0.25, 0.3) is 0 Å². The standard InChI is InChI=1S/C21H26ClN7O4S/c1-23-17(30)6-4-13(10-25-18(31)19(32)28-16-5-3-12(22)9-24-16)26-20(33)21-27-14-7-8-29(2)11-15(14)34-21/h3,5,9,13H,4,6-8,10-11H2,1-2H3,(H,23,30)(H,25,31)(H,26,33)(H,24,28,32). The molecule has 0 bridgehead atoms. The van der Waals surface area contributed by atoms with Crippen LogP contribution in [0.2, 0.25) is 5.02 Å². The Bertz CT molecular complexity index is 1060. The summed E-state index contributed by atoms with van der Waals surface area (Å²) < 4.78 is 0. The Morgan fingerprint density at radius 2 is 2.03 bits per heavy atom. The van der Waals surface area contributed by atoms with Crippen molar-refractivity contribution < 1.29 is 19.2 Å². The lowest BCUT2D eigenvalue weighted by atomic mass is 10.1. The molecule has 1 aliphatic rings. The number of halogens is 1. The molecule has 0 aromatic carbocycles. The van der Waals surface area contributed by atoms with E-state index in [2.05, 4.69) is 36.1 Å². The molecule has 1 unspecified atom stereocenters. The molecule has 2 aromatic heterocycles. The minimum absolute atomic E-state index is 0.0448. The lowest BCUT2D eigenvalue weighted by Gasteiger charge is -2.20. The number of rotatable bonds is 8. The Morgan fingerprint density at radius 3 is 2.74 bits per heavy atom. The molecular weight excluding hydrogens is 482 g/mol. The number of anilines is 1. The number of thiazole rings is 1. The predicted molar refractivity (Wildman–Crippen MR) is 128 cm³/mol. The van der Waals surface area contributed by atoms with Crippen LogP contribution in [0.15, 0.2) is 18.3 Å². The molecule has 11 nitrogen and oxygen atoms in total. The van der Waals surface area contributed by atoms with Gasteiger partial charge in [-0.05, 0) is 25.6 Å². The number of nitrogens with zero attached hydrogens (tertiary/aromatic N) is 3. The zero-order valence-corrected chi connectivity index (χ0v) is 20.4. The molecule has 3 heterocycles. The summed E-state index contributed by atoms with van der Waals surface area (Å²) in [7, 11) is 3.53. The van der Waals surface area contributed by atoms with E-state index < -0.39 is 17.9 Å². The van der Waals surface area contributed by atoms with Gasteiger partial charge in [-0.15, -0.1) is 11.3 Å². The first-order chi connectivity index (χ1) is 16.2. The van der Waals surface area contributed by atoms with E-state index in [4.69, 9.17) is 11.6 Å². The van der Waals surface area contributed by atoms with Gasteiger partial charge in [0.25, 0.3) is 5.91 Å². The first kappa shape index (κ1) is 25.5. The van der Waals surface area contributed by atoms with Gasteiger partial charge in [-0.25, -0.2) is 9.97 Å². The van der Waals surface area contributed by atoms with Gasteiger partial charge in [0.05, 0.1) is 10.7 Å². The fourth-order valence-corrected chi connectivity index (χ4v) is 4.45. The van der Waals surface area contributed by atoms with Gasteiger partial charge in [0, 0.05) is 56.6 Å². The lowest BCUT2D eigenvalue weighted by molar-refractivity contribution is -0.136. The Hall–Kier alpha value is -3.09. The molecule has 2 aromatic rings. The maximum atomic E-state index is 12.8. The summed E-state index contributed by atoms with van der Waals surface area (Å²) in [5, 5.41) is 10.9. The van der Waals surface area contributed by atoms with Crippen molar-refractivity contribution in [3.8, 4) is 0 Å². The second-order valence-electron chi connectivity index (χ2n) is 7.78. The summed E-state index contributed by atoms with van der Waals surface area (Å²) >= 11 is 7.09. The van der Waals surface area contributed by atoms with Crippen LogP contribution in [0, 0.1) is 0 Å². The Balaban J connectivity index is 1.59. The van der Waals surface area contributed by atoms with Crippen LogP contribution in [0.5, 0.6) is 0 Å². The maximum absolute atomic E-state index is 12.8. The van der Waals surface area contributed by atoms with Crippen LogP contribution in [0.3, 0.4) is 0 Å². The van der Waals surface area contributed by atoms with Crippen molar-refractivity contribution in [2.24, 2.45) is 0 Å². The minimum atomic E-state index is -0.914. The number of nitrogens with one attached hydrogen (secondary N) is 4. The zero-order chi connectivity index (χ0) is 24.7. The average molecular weight is 508 g/mol. The number of carbonyl (C=O) groups is 4. The Morgan fingerprint density at radius 1 is 1.24 bits per heavy atom. The van der Waals surface area contributed by atoms with Crippen molar-refractivity contribution in [1.82, 2.24) is 30.8 Å². The van der Waals surface area contributed by atoms with E-state index in [1.165, 1.54) is 36.7 Å². The van der Waals surface area contributed by atoms with E-state index in [9.17, 15) is 19.2 Å². The highest BCUT2D eigenvalue weighted by Gasteiger charge is 2.24. The summed E-state index contributed by atoms with van der Waals surface area (Å²) in [5.41, 5.74) is 0.927. The summed E-state index contributed by atoms with van der Waals surface area (Å²) in [6.45, 7) is 1.58. The number of likely N-dealkylation sites (N-methyl/N-ethyl adjacent to an activating group) is 1. The molecular formula is C21H26ClN7O4S. The third-order valence-corrected chi connectivity index (χ3v) is 6.44. The Kier molecular flexibility index (Phi) is 8.91. The predicted octanol–water partition coefficient (Wildman–Crippen LogP) is 0.559. The summed E-state index contributed by atoms with van der Waals surface area (Å²) in [5.74, 6) is -2.23. The Labute approximate surface area is 205 Å². The lowest BCUT2D eigenvalue weighted by Crippen LogP contribution is -2.46. The topological polar surface area (TPSA) is 145 Å². The van der Waals surface area contributed by atoms with Crippen LogP contribution >= 0.6 is 22.9 Å². The molecule has 3 rings (SSSR count). The minimum Gasteiger partial charge on any atom is -0.359 e. The number of carbonyl (C=O) groups excluding carboxylic acids is 4. The highest BCUT2D eigenvalue weighted by atomic mass is 35.5. The molecule has 0 radical (unpaired) electrons. The van der Waals surface area contributed by atoms with E-state index in [0.29, 0.717) is 10.0 Å². The van der Waals surface area contributed by atoms with Crippen molar-refractivity contribution in [3.05, 3.63) is 38.9 Å². The average Bonchev–Trinajstić information content (AvgIpc) is 3.25. The van der Waals surface area contributed by atoms with Gasteiger partial charge in [-0.3, -0.25) is 19.2 Å². The zero-order valence-electron chi connectivity index (χ0n) is 18.8. The smallest absolute Gasteiger partial charge is 0.314 e. The van der Waals surface area contributed by atoms with Crippen molar-refractivity contribution in [3.63, 3.8) is 0 Å². The molecule has 4 amide bonds. The van der Waals surface area contributed by atoms with Gasteiger partial charge in [0.1, 0.15) is 5.82 Å². The third kappa shape index (κ3) is 7.20. The van der Waals surface area contributed by atoms with Crippen molar-refractivity contribution in [2.45, 2.75) is 31.8 Å². The third-order valence-electron chi connectivity index (χ3n) is 5.13. The van der Waals surface area contributed by atoms with Crippen LogP contribution in [0.1, 0.15) is 33.2 Å². The summed E-state index contributed by atoms with van der Waals surface area (Å²) in [6, 6.07) is 2.41. The SMILES string of the molecule is CNC(=O)CCC(CNC(=O)C(=O)Nc1ccc(Cl)cn1)NC(=O)c1nc2c(s1)CN(C)CC2. The molecule has 182 valence electrons. The highest BCUT2D eigenvalue weighted by Crippen LogP contribution is 2.24. The molecule has 4 N–H and O–H groups in total. The van der Waals surface area contributed by atoms with Gasteiger partial charge in [0.15, 0.2) is 5.01 Å². The van der Waals surface area contributed by atoms with Crippen LogP contribution in [0.4, 0.5) is 5.82 Å². The number of fused-ring (bicyclic) bond motifs is 1. The van der Waals surface area contributed by atoms with Crippen LogP contribution in [-0.2, 0) is 27.3 Å². The number of amides is 4. The largest absolute Gasteiger partial charge is 0.359 e. The van der Waals surface area contributed by atoms with Crippen LogP contribution in [-0.4, -0.2) is 71.7 Å². The second kappa shape index (κ2) is 11.9. The number of pyridine rings is 1. The fourth-order valence-electron chi connectivity index (χ4n) is 3.24. The van der Waals surface area contributed by atoms with Crippen molar-refractivity contribution in [1.29, 1.82) is 0 Å². The summed E-state index contributed by atoms with van der Waals surface area (Å²) in [4.78, 5) is 60.5. The molecule has 13 heteroatoms. The number of hydrogen-bond acceptors (Lipinski definition) is 8. The van der Waals surface area contributed by atoms with Crippen molar-refractivity contribution in [2.75, 3.05) is 32.5 Å². The molecule has 0 spiro atoms. The quantitative estimate of drug-likeness (QED) is 0.382. The van der Waals surface area contributed by atoms with E-state index >= 15 is 0 Å². The molecule has 1 atom stereocenters. The number of hydrogen-bond donors (Lipinski definition) is 4. The van der Waals surface area contributed by atoms with E-state index in [1.54, 1.807) is 0 Å². The van der Waals surface area contributed by atoms with Gasteiger partial charge >= 0.3 is 11.8 Å². The molecule has 0 aliphatic carbocycles. The second-order valence-corrected chi connectivity index (χ2v) is 9.30. The van der Waals surface area contributed by atoms with E-state index in [0.717, 1.165) is 30.1 Å². The van der Waals surface area contributed by atoms with Crippen LogP contribution < -0.4 is 21.3 Å². The van der Waals surface area contributed by atoms with Gasteiger partial charge in [-0.2, -0.15) is 0 Å². The van der Waals surface area contributed by atoms with E-state index in [-0.39, 0.29) is 37.0 Å². The normalized spacial score (nSPS) is 14.0. The number of aromatic nitrogens is 2. The summed E-state index contributed by atoms with van der Waals surface area (Å²) in [6.07, 6.45) is 2.52.